The molecule has 0 bridgehead atoms. The molecule has 0 unspecified atom stereocenters. The van der Waals surface area contributed by atoms with Gasteiger partial charge < -0.3 is 5.32 Å². The lowest BCUT2D eigenvalue weighted by molar-refractivity contribution is -0.116. The molecule has 1 fully saturated rings. The van der Waals surface area contributed by atoms with E-state index in [2.05, 4.69) is 29.6 Å². The zero-order valence-corrected chi connectivity index (χ0v) is 9.12. The van der Waals surface area contributed by atoms with Gasteiger partial charge in [-0.15, -0.1) is 0 Å². The van der Waals surface area contributed by atoms with Crippen LogP contribution < -0.4 is 5.32 Å². The van der Waals surface area contributed by atoms with Crippen molar-refractivity contribution in [3.63, 3.8) is 0 Å². The summed E-state index contributed by atoms with van der Waals surface area (Å²) >= 11 is 0. The van der Waals surface area contributed by atoms with Gasteiger partial charge in [-0.05, 0) is 36.8 Å². The third kappa shape index (κ3) is 3.17. The van der Waals surface area contributed by atoms with Crippen molar-refractivity contribution < 1.29 is 4.79 Å². The van der Waals surface area contributed by atoms with Gasteiger partial charge in [0, 0.05) is 6.54 Å². The van der Waals surface area contributed by atoms with Crippen molar-refractivity contribution in [1.29, 1.82) is 0 Å². The molecule has 1 saturated carbocycles. The number of hydrogen-bond acceptors (Lipinski definition) is 2. The van der Waals surface area contributed by atoms with Crippen LogP contribution in [0.4, 0.5) is 0 Å². The summed E-state index contributed by atoms with van der Waals surface area (Å²) in [5.74, 6) is 1.01. The van der Waals surface area contributed by atoms with Crippen LogP contribution in [-0.4, -0.2) is 12.3 Å². The van der Waals surface area contributed by atoms with Crippen molar-refractivity contribution >= 4 is 5.78 Å². The molecule has 0 heterocycles. The Morgan fingerprint density at radius 1 is 1.33 bits per heavy atom. The van der Waals surface area contributed by atoms with E-state index in [0.717, 1.165) is 12.5 Å². The number of nitrogens with one attached hydrogen (secondary N) is 1. The predicted octanol–water partition coefficient (Wildman–Crippen LogP) is 2.24. The van der Waals surface area contributed by atoms with Crippen molar-refractivity contribution in [2.45, 2.75) is 32.2 Å². The molecule has 0 amide bonds. The summed E-state index contributed by atoms with van der Waals surface area (Å²) in [5.41, 5.74) is 2.71. The van der Waals surface area contributed by atoms with Gasteiger partial charge in [0.2, 0.25) is 0 Å². The van der Waals surface area contributed by atoms with E-state index in [-0.39, 0.29) is 5.78 Å². The van der Waals surface area contributed by atoms with Crippen LogP contribution >= 0.6 is 0 Å². The molecular formula is C13H17NO. The van der Waals surface area contributed by atoms with E-state index in [0.29, 0.717) is 6.54 Å². The van der Waals surface area contributed by atoms with Gasteiger partial charge in [0.15, 0.2) is 0 Å². The second-order valence-corrected chi connectivity index (χ2v) is 4.32. The zero-order chi connectivity index (χ0) is 10.7. The Labute approximate surface area is 90.7 Å². The van der Waals surface area contributed by atoms with E-state index in [9.17, 15) is 4.79 Å². The zero-order valence-electron chi connectivity index (χ0n) is 9.12. The topological polar surface area (TPSA) is 29.1 Å². The molecule has 0 saturated heterocycles. The summed E-state index contributed by atoms with van der Waals surface area (Å²) in [7, 11) is 0. The third-order valence-electron chi connectivity index (χ3n) is 2.73. The average Bonchev–Trinajstić information content (AvgIpc) is 3.02. The molecule has 15 heavy (non-hydrogen) atoms. The van der Waals surface area contributed by atoms with E-state index in [1.807, 2.05) is 0 Å². The first-order chi connectivity index (χ1) is 7.25. The second-order valence-electron chi connectivity index (χ2n) is 4.32. The highest BCUT2D eigenvalue weighted by molar-refractivity contribution is 5.77. The highest BCUT2D eigenvalue weighted by Crippen LogP contribution is 2.39. The lowest BCUT2D eigenvalue weighted by atomic mass is 10.1. The summed E-state index contributed by atoms with van der Waals surface area (Å²) in [5, 5.41) is 3.12. The minimum Gasteiger partial charge on any atom is -0.306 e. The van der Waals surface area contributed by atoms with Crippen LogP contribution in [0.1, 0.15) is 36.8 Å². The third-order valence-corrected chi connectivity index (χ3v) is 2.73. The summed E-state index contributed by atoms with van der Waals surface area (Å²) in [6.45, 7) is 2.85. The standard InChI is InChI=1S/C13H17NO/c1-10(15)8-14-9-11-2-4-12(5-3-11)13-6-7-13/h2-5,13-14H,6-9H2,1H3. The minimum absolute atomic E-state index is 0.185. The van der Waals surface area contributed by atoms with Gasteiger partial charge in [-0.25, -0.2) is 0 Å². The van der Waals surface area contributed by atoms with Crippen LogP contribution in [0, 0.1) is 0 Å². The maximum Gasteiger partial charge on any atom is 0.143 e. The van der Waals surface area contributed by atoms with Crippen LogP contribution in [0.25, 0.3) is 0 Å². The van der Waals surface area contributed by atoms with Crippen molar-refractivity contribution in [2.24, 2.45) is 0 Å². The Kier molecular flexibility index (Phi) is 3.17. The normalized spacial score (nSPS) is 15.3. The highest BCUT2D eigenvalue weighted by Gasteiger charge is 2.22. The van der Waals surface area contributed by atoms with Gasteiger partial charge in [0.1, 0.15) is 5.78 Å². The molecule has 0 spiro atoms. The Bertz CT molecular complexity index is 338. The van der Waals surface area contributed by atoms with Crippen LogP contribution in [-0.2, 0) is 11.3 Å². The van der Waals surface area contributed by atoms with Crippen molar-refractivity contribution in [1.82, 2.24) is 5.32 Å². The Morgan fingerprint density at radius 2 is 2.00 bits per heavy atom. The molecule has 2 heteroatoms. The average molecular weight is 203 g/mol. The SMILES string of the molecule is CC(=O)CNCc1ccc(C2CC2)cc1. The van der Waals surface area contributed by atoms with Crippen LogP contribution in [0.2, 0.25) is 0 Å². The molecule has 1 aromatic carbocycles. The van der Waals surface area contributed by atoms with E-state index < -0.39 is 0 Å². The summed E-state index contributed by atoms with van der Waals surface area (Å²) in [6, 6.07) is 8.73. The first-order valence-electron chi connectivity index (χ1n) is 5.54. The Hall–Kier alpha value is -1.15. The quantitative estimate of drug-likeness (QED) is 0.795. The highest BCUT2D eigenvalue weighted by atomic mass is 16.1. The van der Waals surface area contributed by atoms with Crippen LogP contribution in [0.5, 0.6) is 0 Å². The van der Waals surface area contributed by atoms with Crippen molar-refractivity contribution in [3.05, 3.63) is 35.4 Å². The van der Waals surface area contributed by atoms with Gasteiger partial charge in [0.25, 0.3) is 0 Å². The lowest BCUT2D eigenvalue weighted by Crippen LogP contribution is -2.20. The number of benzene rings is 1. The number of rotatable bonds is 5. The first-order valence-corrected chi connectivity index (χ1v) is 5.54. The molecule has 0 aromatic heterocycles. The van der Waals surface area contributed by atoms with Crippen molar-refractivity contribution in [2.75, 3.05) is 6.54 Å². The molecule has 0 atom stereocenters. The number of ketones is 1. The number of carbonyl (C=O) groups is 1. The molecule has 1 aromatic rings. The van der Waals surface area contributed by atoms with E-state index in [1.54, 1.807) is 6.92 Å². The number of hydrogen-bond donors (Lipinski definition) is 1. The molecule has 1 aliphatic rings. The van der Waals surface area contributed by atoms with Gasteiger partial charge in [-0.3, -0.25) is 4.79 Å². The Balaban J connectivity index is 1.83. The number of carbonyl (C=O) groups excluding carboxylic acids is 1. The van der Waals surface area contributed by atoms with E-state index in [4.69, 9.17) is 0 Å². The molecule has 2 nitrogen and oxygen atoms in total. The van der Waals surface area contributed by atoms with E-state index in [1.165, 1.54) is 24.0 Å². The fourth-order valence-electron chi connectivity index (χ4n) is 1.71. The van der Waals surface area contributed by atoms with Gasteiger partial charge in [0.05, 0.1) is 6.54 Å². The summed E-state index contributed by atoms with van der Waals surface area (Å²) in [6.07, 6.45) is 2.70. The van der Waals surface area contributed by atoms with E-state index >= 15 is 0 Å². The maximum atomic E-state index is 10.7. The fraction of sp³-hybridized carbons (Fsp3) is 0.462. The van der Waals surface area contributed by atoms with Crippen LogP contribution in [0.3, 0.4) is 0 Å². The minimum atomic E-state index is 0.185. The largest absolute Gasteiger partial charge is 0.306 e. The maximum absolute atomic E-state index is 10.7. The Morgan fingerprint density at radius 3 is 2.53 bits per heavy atom. The molecule has 0 aliphatic heterocycles. The molecule has 2 rings (SSSR count). The van der Waals surface area contributed by atoms with Gasteiger partial charge in [-0.2, -0.15) is 0 Å². The van der Waals surface area contributed by atoms with Crippen molar-refractivity contribution in [3.8, 4) is 0 Å². The molecular weight excluding hydrogens is 186 g/mol. The smallest absolute Gasteiger partial charge is 0.143 e. The lowest BCUT2D eigenvalue weighted by Gasteiger charge is -2.04. The molecule has 1 N–H and O–H groups in total. The fourth-order valence-corrected chi connectivity index (χ4v) is 1.71. The molecule has 1 aliphatic carbocycles. The molecule has 0 radical (unpaired) electrons. The first kappa shape index (κ1) is 10.4. The second kappa shape index (κ2) is 4.58. The van der Waals surface area contributed by atoms with Crippen LogP contribution in [0.15, 0.2) is 24.3 Å². The molecule has 80 valence electrons. The monoisotopic (exact) mass is 203 g/mol. The predicted molar refractivity (Wildman–Crippen MR) is 60.8 cm³/mol. The summed E-state index contributed by atoms with van der Waals surface area (Å²) in [4.78, 5) is 10.7. The van der Waals surface area contributed by atoms with Gasteiger partial charge in [-0.1, -0.05) is 24.3 Å². The number of Topliss-reactive ketones (excluding diaryl/α,β-unsaturated/α-hetero) is 1. The summed E-state index contributed by atoms with van der Waals surface area (Å²) < 4.78 is 0. The van der Waals surface area contributed by atoms with Gasteiger partial charge >= 0.3 is 0 Å².